The van der Waals surface area contributed by atoms with E-state index in [0.717, 1.165) is 12.1 Å². The molecule has 0 saturated heterocycles. The predicted molar refractivity (Wildman–Crippen MR) is 109 cm³/mol. The molecule has 0 fully saturated rings. The fourth-order valence-electron chi connectivity index (χ4n) is 2.70. The Morgan fingerprint density at radius 1 is 1.06 bits per heavy atom. The number of amides is 1. The maximum absolute atomic E-state index is 13.2. The molecule has 0 aliphatic carbocycles. The van der Waals surface area contributed by atoms with Gasteiger partial charge in [0.2, 0.25) is 0 Å². The largest absolute Gasteiger partial charge is 0.508 e. The number of aliphatic imine (C=N–C) groups is 1. The van der Waals surface area contributed by atoms with Gasteiger partial charge in [0.25, 0.3) is 5.91 Å². The third-order valence-corrected chi connectivity index (χ3v) is 4.17. The average Bonchev–Trinajstić information content (AvgIpc) is 2.71. The van der Waals surface area contributed by atoms with Crippen molar-refractivity contribution < 1.29 is 27.5 Å². The number of aromatic hydroxyl groups is 1. The summed E-state index contributed by atoms with van der Waals surface area (Å²) in [6.07, 6.45) is -4.15. The molecule has 0 radical (unpaired) electrons. The quantitative estimate of drug-likeness (QED) is 0.219. The van der Waals surface area contributed by atoms with Crippen molar-refractivity contribution in [3.05, 3.63) is 65.0 Å². The van der Waals surface area contributed by atoms with E-state index in [4.69, 9.17) is 0 Å². The van der Waals surface area contributed by atoms with Gasteiger partial charge in [-0.1, -0.05) is 12.1 Å². The van der Waals surface area contributed by atoms with Crippen LogP contribution in [0, 0.1) is 5.82 Å². The van der Waals surface area contributed by atoms with Gasteiger partial charge in [-0.25, -0.2) is 9.38 Å². The number of hydrogen-bond acceptors (Lipinski definition) is 3. The maximum Gasteiger partial charge on any atom is 0.416 e. The molecule has 0 heterocycles. The molecule has 168 valence electrons. The summed E-state index contributed by atoms with van der Waals surface area (Å²) < 4.78 is 52.5. The van der Waals surface area contributed by atoms with E-state index in [1.165, 1.54) is 12.1 Å². The van der Waals surface area contributed by atoms with Gasteiger partial charge in [0.05, 0.1) is 12.1 Å². The highest BCUT2D eigenvalue weighted by Gasteiger charge is 2.33. The lowest BCUT2D eigenvalue weighted by Crippen LogP contribution is -2.38. The van der Waals surface area contributed by atoms with Crippen LogP contribution in [-0.2, 0) is 12.7 Å². The van der Waals surface area contributed by atoms with Crippen molar-refractivity contribution in [3.63, 3.8) is 0 Å². The molecule has 0 aliphatic heterocycles. The van der Waals surface area contributed by atoms with Crippen LogP contribution in [0.5, 0.6) is 5.75 Å². The molecule has 0 unspecified atom stereocenters. The number of rotatable bonds is 8. The van der Waals surface area contributed by atoms with Gasteiger partial charge >= 0.3 is 6.18 Å². The van der Waals surface area contributed by atoms with Crippen LogP contribution in [0.3, 0.4) is 0 Å². The van der Waals surface area contributed by atoms with E-state index in [2.05, 4.69) is 20.9 Å². The number of phenols is 1. The Hall–Kier alpha value is -3.30. The second-order valence-corrected chi connectivity index (χ2v) is 6.58. The highest BCUT2D eigenvalue weighted by atomic mass is 19.4. The van der Waals surface area contributed by atoms with Crippen LogP contribution in [0.4, 0.5) is 17.6 Å². The Bertz CT molecular complexity index is 916. The predicted octanol–water partition coefficient (Wildman–Crippen LogP) is 3.43. The Morgan fingerprint density at radius 3 is 2.48 bits per heavy atom. The second-order valence-electron chi connectivity index (χ2n) is 6.58. The molecule has 10 heteroatoms. The molecular formula is C21H24F4N4O2. The van der Waals surface area contributed by atoms with Crippen LogP contribution in [0.1, 0.15) is 34.8 Å². The molecule has 0 saturated carbocycles. The summed E-state index contributed by atoms with van der Waals surface area (Å²) in [5, 5.41) is 18.0. The number of halogens is 4. The van der Waals surface area contributed by atoms with Crippen molar-refractivity contribution in [3.8, 4) is 5.75 Å². The monoisotopic (exact) mass is 440 g/mol. The molecule has 4 N–H and O–H groups in total. The molecule has 31 heavy (non-hydrogen) atoms. The van der Waals surface area contributed by atoms with E-state index in [0.29, 0.717) is 43.6 Å². The molecule has 2 aromatic rings. The van der Waals surface area contributed by atoms with Gasteiger partial charge in [0.1, 0.15) is 11.6 Å². The minimum absolute atomic E-state index is 0.00403. The van der Waals surface area contributed by atoms with Gasteiger partial charge in [-0.3, -0.25) is 4.79 Å². The van der Waals surface area contributed by atoms with Crippen molar-refractivity contribution in [1.82, 2.24) is 16.0 Å². The zero-order chi connectivity index (χ0) is 22.9. The van der Waals surface area contributed by atoms with Crippen LogP contribution >= 0.6 is 0 Å². The van der Waals surface area contributed by atoms with Gasteiger partial charge in [-0.05, 0) is 49.2 Å². The van der Waals surface area contributed by atoms with Gasteiger partial charge in [-0.2, -0.15) is 13.2 Å². The maximum atomic E-state index is 13.2. The first-order chi connectivity index (χ1) is 14.7. The van der Waals surface area contributed by atoms with Crippen LogP contribution in [0.25, 0.3) is 0 Å². The molecule has 0 spiro atoms. The number of carbonyl (C=O) groups excluding carboxylic acids is 1. The van der Waals surface area contributed by atoms with Crippen molar-refractivity contribution in [2.75, 3.05) is 19.6 Å². The van der Waals surface area contributed by atoms with E-state index in [1.807, 2.05) is 6.92 Å². The molecule has 2 rings (SSSR count). The number of phenolic OH excluding ortho intramolecular Hbond substituents is 1. The Kier molecular flexibility index (Phi) is 8.65. The van der Waals surface area contributed by atoms with Gasteiger partial charge in [-0.15, -0.1) is 0 Å². The summed E-state index contributed by atoms with van der Waals surface area (Å²) >= 11 is 0. The van der Waals surface area contributed by atoms with Gasteiger partial charge in [0.15, 0.2) is 5.96 Å². The molecule has 1 amide bonds. The van der Waals surface area contributed by atoms with Gasteiger partial charge in [0, 0.05) is 25.2 Å². The molecule has 0 aromatic heterocycles. The third-order valence-electron chi connectivity index (χ3n) is 4.17. The van der Waals surface area contributed by atoms with E-state index < -0.39 is 17.6 Å². The number of carbonyl (C=O) groups is 1. The first-order valence-corrected chi connectivity index (χ1v) is 9.65. The minimum Gasteiger partial charge on any atom is -0.508 e. The SMILES string of the molecule is CCNC(=NCc1ccc(F)cc1C(F)(F)F)NCCCNC(=O)c1cccc(O)c1. The molecule has 0 bridgehead atoms. The Balaban J connectivity index is 1.88. The lowest BCUT2D eigenvalue weighted by Gasteiger charge is -2.14. The summed E-state index contributed by atoms with van der Waals surface area (Å²) in [4.78, 5) is 16.1. The summed E-state index contributed by atoms with van der Waals surface area (Å²) in [5.41, 5.74) is -0.853. The van der Waals surface area contributed by atoms with Crippen LogP contribution in [0.15, 0.2) is 47.5 Å². The smallest absolute Gasteiger partial charge is 0.416 e. The molecule has 6 nitrogen and oxygen atoms in total. The summed E-state index contributed by atoms with van der Waals surface area (Å²) in [6, 6.07) is 8.46. The zero-order valence-corrected chi connectivity index (χ0v) is 16.9. The van der Waals surface area contributed by atoms with Crippen molar-refractivity contribution in [2.45, 2.75) is 26.1 Å². The Morgan fingerprint density at radius 2 is 1.81 bits per heavy atom. The lowest BCUT2D eigenvalue weighted by molar-refractivity contribution is -0.138. The fraction of sp³-hybridized carbons (Fsp3) is 0.333. The van der Waals surface area contributed by atoms with Crippen molar-refractivity contribution >= 4 is 11.9 Å². The highest BCUT2D eigenvalue weighted by Crippen LogP contribution is 2.32. The number of guanidine groups is 1. The summed E-state index contributed by atoms with van der Waals surface area (Å²) in [6.45, 7) is 2.78. The number of nitrogens with one attached hydrogen (secondary N) is 3. The number of hydrogen-bond donors (Lipinski definition) is 4. The van der Waals surface area contributed by atoms with Gasteiger partial charge < -0.3 is 21.1 Å². The van der Waals surface area contributed by atoms with Crippen molar-refractivity contribution in [1.29, 1.82) is 0 Å². The van der Waals surface area contributed by atoms with Crippen molar-refractivity contribution in [2.24, 2.45) is 4.99 Å². The lowest BCUT2D eigenvalue weighted by atomic mass is 10.1. The highest BCUT2D eigenvalue weighted by molar-refractivity contribution is 5.94. The first-order valence-electron chi connectivity index (χ1n) is 9.65. The number of benzene rings is 2. The average molecular weight is 440 g/mol. The number of nitrogens with zero attached hydrogens (tertiary/aromatic N) is 1. The normalized spacial score (nSPS) is 11.8. The fourth-order valence-corrected chi connectivity index (χ4v) is 2.70. The van der Waals surface area contributed by atoms with E-state index in [-0.39, 0.29) is 23.8 Å². The van der Waals surface area contributed by atoms with Crippen LogP contribution < -0.4 is 16.0 Å². The van der Waals surface area contributed by atoms with E-state index in [1.54, 1.807) is 12.1 Å². The topological polar surface area (TPSA) is 85.8 Å². The molecular weight excluding hydrogens is 416 g/mol. The number of alkyl halides is 3. The summed E-state index contributed by atoms with van der Waals surface area (Å²) in [5.74, 6) is -0.986. The molecule has 0 atom stereocenters. The van der Waals surface area contributed by atoms with E-state index in [9.17, 15) is 27.5 Å². The second kappa shape index (κ2) is 11.2. The first kappa shape index (κ1) is 24.0. The van der Waals surface area contributed by atoms with Crippen LogP contribution in [-0.4, -0.2) is 36.6 Å². The van der Waals surface area contributed by atoms with E-state index >= 15 is 0 Å². The molecule has 0 aliphatic rings. The molecule has 2 aromatic carbocycles. The zero-order valence-electron chi connectivity index (χ0n) is 16.9. The third kappa shape index (κ3) is 7.80. The Labute approximate surface area is 177 Å². The standard InChI is InChI=1S/C21H24F4N4O2/c1-2-26-20(29-13-15-7-8-16(22)12-18(15)21(23,24)25)28-10-4-9-27-19(31)14-5-3-6-17(30)11-14/h3,5-8,11-12,30H,2,4,9-10,13H2,1H3,(H,27,31)(H2,26,28,29). The van der Waals surface area contributed by atoms with Crippen LogP contribution in [0.2, 0.25) is 0 Å². The summed E-state index contributed by atoms with van der Waals surface area (Å²) in [7, 11) is 0. The minimum atomic E-state index is -4.67.